The van der Waals surface area contributed by atoms with Crippen molar-refractivity contribution >= 4 is 21.1 Å². The Morgan fingerprint density at radius 1 is 1.19 bits per heavy atom. The van der Waals surface area contributed by atoms with Gasteiger partial charge < -0.3 is 4.57 Å². The van der Waals surface area contributed by atoms with Gasteiger partial charge in [-0.1, -0.05) is 26.0 Å². The monoisotopic (exact) mass is 468 g/mol. The largest absolute Gasteiger partial charge is 0.418 e. The number of hydrogen-bond donors (Lipinski definition) is 1. The highest BCUT2D eigenvalue weighted by Gasteiger charge is 2.34. The Morgan fingerprint density at radius 3 is 2.53 bits per heavy atom. The summed E-state index contributed by atoms with van der Waals surface area (Å²) in [6, 6.07) is 6.60. The standard InChI is InChI=1S/C22H27F3N4O2S/c1-15(2)13-29-14-17(7-10-27-32(30,31)28(3)4)19-6-5-16(11-21(19)29)18-8-9-26-12-20(18)22(23,24)25/h5-6,8-9,11-12,14-15,27H,7,10,13H2,1-4H3. The summed E-state index contributed by atoms with van der Waals surface area (Å²) in [5.74, 6) is 0.320. The Kier molecular flexibility index (Phi) is 6.97. The van der Waals surface area contributed by atoms with Gasteiger partial charge >= 0.3 is 6.18 Å². The number of fused-ring (bicyclic) bond motifs is 1. The van der Waals surface area contributed by atoms with Crippen molar-refractivity contribution < 1.29 is 21.6 Å². The second-order valence-electron chi connectivity index (χ2n) is 8.28. The first-order chi connectivity index (χ1) is 14.9. The molecule has 0 aliphatic rings. The lowest BCUT2D eigenvalue weighted by Crippen LogP contribution is -2.36. The van der Waals surface area contributed by atoms with E-state index in [1.165, 1.54) is 26.4 Å². The van der Waals surface area contributed by atoms with Crippen molar-refractivity contribution in [1.82, 2.24) is 18.6 Å². The zero-order valence-corrected chi connectivity index (χ0v) is 19.3. The fraction of sp³-hybridized carbons (Fsp3) is 0.409. The van der Waals surface area contributed by atoms with Gasteiger partial charge in [-0.2, -0.15) is 25.9 Å². The Bertz CT molecular complexity index is 1200. The number of rotatable bonds is 8. The highest BCUT2D eigenvalue weighted by Crippen LogP contribution is 2.37. The van der Waals surface area contributed by atoms with Gasteiger partial charge in [-0.3, -0.25) is 4.98 Å². The van der Waals surface area contributed by atoms with E-state index in [9.17, 15) is 21.6 Å². The molecule has 0 radical (unpaired) electrons. The molecule has 2 aromatic heterocycles. The average molecular weight is 469 g/mol. The van der Waals surface area contributed by atoms with E-state index in [0.29, 0.717) is 24.4 Å². The maximum Gasteiger partial charge on any atom is 0.418 e. The van der Waals surface area contributed by atoms with Crippen LogP contribution in [0.3, 0.4) is 0 Å². The molecule has 174 valence electrons. The zero-order chi connectivity index (χ0) is 23.7. The summed E-state index contributed by atoms with van der Waals surface area (Å²) in [4.78, 5) is 3.64. The Morgan fingerprint density at radius 2 is 1.91 bits per heavy atom. The molecule has 6 nitrogen and oxygen atoms in total. The van der Waals surface area contributed by atoms with Gasteiger partial charge in [0.25, 0.3) is 10.2 Å². The van der Waals surface area contributed by atoms with Crippen molar-refractivity contribution in [2.45, 2.75) is 33.0 Å². The number of aromatic nitrogens is 2. The molecule has 0 saturated heterocycles. The molecule has 3 aromatic rings. The molecular weight excluding hydrogens is 441 g/mol. The lowest BCUT2D eigenvalue weighted by Gasteiger charge is -2.13. The van der Waals surface area contributed by atoms with Crippen LogP contribution in [0.2, 0.25) is 0 Å². The normalized spacial score (nSPS) is 12.9. The predicted molar refractivity (Wildman–Crippen MR) is 119 cm³/mol. The number of alkyl halides is 3. The average Bonchev–Trinajstić information content (AvgIpc) is 3.03. The summed E-state index contributed by atoms with van der Waals surface area (Å²) in [7, 11) is -0.629. The number of nitrogens with one attached hydrogen (secondary N) is 1. The third-order valence-electron chi connectivity index (χ3n) is 5.12. The Labute approximate surface area is 186 Å². The first-order valence-electron chi connectivity index (χ1n) is 10.2. The van der Waals surface area contributed by atoms with Crippen LogP contribution in [-0.2, 0) is 29.4 Å². The minimum atomic E-state index is -4.51. The molecule has 2 heterocycles. The van der Waals surface area contributed by atoms with E-state index < -0.39 is 21.9 Å². The molecule has 0 unspecified atom stereocenters. The fourth-order valence-corrected chi connectivity index (χ4v) is 4.21. The molecule has 0 saturated carbocycles. The fourth-order valence-electron chi connectivity index (χ4n) is 3.60. The number of halogens is 3. The van der Waals surface area contributed by atoms with Crippen LogP contribution >= 0.6 is 0 Å². The third-order valence-corrected chi connectivity index (χ3v) is 6.65. The molecule has 1 N–H and O–H groups in total. The minimum absolute atomic E-state index is 0.0759. The lowest BCUT2D eigenvalue weighted by atomic mass is 9.99. The van der Waals surface area contributed by atoms with Crippen LogP contribution in [0.15, 0.2) is 42.9 Å². The molecule has 3 rings (SSSR count). The maximum absolute atomic E-state index is 13.5. The van der Waals surface area contributed by atoms with Gasteiger partial charge in [-0.15, -0.1) is 0 Å². The maximum atomic E-state index is 13.5. The number of pyridine rings is 1. The summed E-state index contributed by atoms with van der Waals surface area (Å²) in [5, 5.41) is 0.890. The van der Waals surface area contributed by atoms with Crippen LogP contribution in [0.4, 0.5) is 13.2 Å². The van der Waals surface area contributed by atoms with Crippen molar-refractivity contribution in [1.29, 1.82) is 0 Å². The van der Waals surface area contributed by atoms with Gasteiger partial charge in [0.2, 0.25) is 0 Å². The van der Waals surface area contributed by atoms with Crippen molar-refractivity contribution in [3.63, 3.8) is 0 Å². The Hall–Kier alpha value is -2.43. The third kappa shape index (κ3) is 5.31. The Balaban J connectivity index is 2.02. The SMILES string of the molecule is CC(C)Cn1cc(CCNS(=O)(=O)N(C)C)c2ccc(-c3ccncc3C(F)(F)F)cc21. The highest BCUT2D eigenvalue weighted by molar-refractivity contribution is 7.87. The molecule has 0 spiro atoms. The molecular formula is C22H27F3N4O2S. The lowest BCUT2D eigenvalue weighted by molar-refractivity contribution is -0.137. The van der Waals surface area contributed by atoms with E-state index in [4.69, 9.17) is 0 Å². The van der Waals surface area contributed by atoms with Gasteiger partial charge in [0.15, 0.2) is 0 Å². The zero-order valence-electron chi connectivity index (χ0n) is 18.4. The smallest absolute Gasteiger partial charge is 0.347 e. The van der Waals surface area contributed by atoms with Crippen molar-refractivity contribution in [2.75, 3.05) is 20.6 Å². The van der Waals surface area contributed by atoms with Crippen LogP contribution in [-0.4, -0.2) is 42.9 Å². The number of nitrogens with zero attached hydrogens (tertiary/aromatic N) is 3. The van der Waals surface area contributed by atoms with Crippen LogP contribution in [0.1, 0.15) is 25.0 Å². The summed E-state index contributed by atoms with van der Waals surface area (Å²) < 4.78 is 70.1. The predicted octanol–water partition coefficient (Wildman–Crippen LogP) is 4.32. The summed E-state index contributed by atoms with van der Waals surface area (Å²) >= 11 is 0. The van der Waals surface area contributed by atoms with E-state index in [0.717, 1.165) is 27.0 Å². The van der Waals surface area contributed by atoms with E-state index in [1.807, 2.05) is 10.8 Å². The summed E-state index contributed by atoms with van der Waals surface area (Å²) in [5.41, 5.74) is 1.49. The minimum Gasteiger partial charge on any atom is -0.347 e. The van der Waals surface area contributed by atoms with Gasteiger partial charge in [0.05, 0.1) is 5.56 Å². The van der Waals surface area contributed by atoms with E-state index >= 15 is 0 Å². The molecule has 10 heteroatoms. The summed E-state index contributed by atoms with van der Waals surface area (Å²) in [6.07, 6.45) is 0.0964. The van der Waals surface area contributed by atoms with Gasteiger partial charge in [-0.05, 0) is 41.2 Å². The van der Waals surface area contributed by atoms with Crippen LogP contribution in [0, 0.1) is 5.92 Å². The molecule has 0 aliphatic carbocycles. The van der Waals surface area contributed by atoms with Gasteiger partial charge in [0, 0.05) is 56.7 Å². The van der Waals surface area contributed by atoms with E-state index in [1.54, 1.807) is 18.2 Å². The molecule has 0 aliphatic heterocycles. The summed E-state index contributed by atoms with van der Waals surface area (Å²) in [6.45, 7) is 5.02. The molecule has 32 heavy (non-hydrogen) atoms. The first-order valence-corrected chi connectivity index (χ1v) is 11.6. The van der Waals surface area contributed by atoms with E-state index in [2.05, 4.69) is 23.6 Å². The van der Waals surface area contributed by atoms with Crippen LogP contribution < -0.4 is 4.72 Å². The number of benzene rings is 1. The highest BCUT2D eigenvalue weighted by atomic mass is 32.2. The topological polar surface area (TPSA) is 67.2 Å². The first kappa shape index (κ1) is 24.2. The number of hydrogen-bond acceptors (Lipinski definition) is 3. The second kappa shape index (κ2) is 9.21. The quantitative estimate of drug-likeness (QED) is 0.536. The van der Waals surface area contributed by atoms with Crippen molar-refractivity contribution in [3.8, 4) is 11.1 Å². The molecule has 0 amide bonds. The molecule has 0 atom stereocenters. The van der Waals surface area contributed by atoms with Gasteiger partial charge in [-0.25, -0.2) is 4.72 Å². The molecule has 0 bridgehead atoms. The molecule has 0 fully saturated rings. The van der Waals surface area contributed by atoms with E-state index in [-0.39, 0.29) is 12.1 Å². The van der Waals surface area contributed by atoms with Crippen molar-refractivity contribution in [2.24, 2.45) is 5.92 Å². The van der Waals surface area contributed by atoms with Crippen LogP contribution in [0.5, 0.6) is 0 Å². The molecule has 1 aromatic carbocycles. The van der Waals surface area contributed by atoms with Crippen molar-refractivity contribution in [3.05, 3.63) is 54.0 Å². The van der Waals surface area contributed by atoms with Gasteiger partial charge in [0.1, 0.15) is 0 Å². The van der Waals surface area contributed by atoms with Crippen LogP contribution in [0.25, 0.3) is 22.0 Å². The second-order valence-corrected chi connectivity index (χ2v) is 10.3.